The van der Waals surface area contributed by atoms with Crippen molar-refractivity contribution in [3.8, 4) is 5.75 Å². The highest BCUT2D eigenvalue weighted by atomic mass is 35.5. The number of benzene rings is 2. The van der Waals surface area contributed by atoms with Crippen molar-refractivity contribution in [3.05, 3.63) is 47.0 Å². The fourth-order valence-electron chi connectivity index (χ4n) is 1.77. The molecule has 7 heteroatoms. The first-order chi connectivity index (χ1) is 9.83. The molecule has 0 aromatic heterocycles. The summed E-state index contributed by atoms with van der Waals surface area (Å²) in [6.07, 6.45) is 0. The lowest BCUT2D eigenvalue weighted by molar-refractivity contribution is 0.414. The van der Waals surface area contributed by atoms with Crippen LogP contribution in [-0.2, 0) is 10.0 Å². The van der Waals surface area contributed by atoms with Gasteiger partial charge < -0.3 is 10.5 Å². The van der Waals surface area contributed by atoms with E-state index < -0.39 is 10.0 Å². The van der Waals surface area contributed by atoms with Crippen LogP contribution >= 0.6 is 11.6 Å². The number of rotatable bonds is 4. The largest absolute Gasteiger partial charge is 0.497 e. The maximum absolute atomic E-state index is 12.3. The van der Waals surface area contributed by atoms with Gasteiger partial charge in [0, 0.05) is 0 Å². The molecule has 2 aromatic carbocycles. The average molecular weight is 327 g/mol. The normalized spacial score (nSPS) is 11.2. The summed E-state index contributed by atoms with van der Waals surface area (Å²) in [4.78, 5) is 0.0552. The van der Waals surface area contributed by atoms with Crippen molar-refractivity contribution in [2.45, 2.75) is 11.8 Å². The number of aryl methyl sites for hydroxylation is 1. The van der Waals surface area contributed by atoms with E-state index in [0.29, 0.717) is 16.5 Å². The number of anilines is 2. The van der Waals surface area contributed by atoms with E-state index in [-0.39, 0.29) is 10.6 Å². The molecular formula is C14H15ClN2O3S. The Morgan fingerprint density at radius 1 is 1.19 bits per heavy atom. The molecule has 0 saturated heterocycles. The van der Waals surface area contributed by atoms with Crippen molar-refractivity contribution in [2.75, 3.05) is 17.6 Å². The molecule has 0 radical (unpaired) electrons. The SMILES string of the molecule is COc1ccc(NS(=O)(=O)c2ccc(Cl)c(N)c2)c(C)c1. The molecule has 5 nitrogen and oxygen atoms in total. The van der Waals surface area contributed by atoms with Crippen LogP contribution in [0.1, 0.15) is 5.56 Å². The lowest BCUT2D eigenvalue weighted by Gasteiger charge is -2.12. The third-order valence-electron chi connectivity index (χ3n) is 2.96. The highest BCUT2D eigenvalue weighted by molar-refractivity contribution is 7.92. The van der Waals surface area contributed by atoms with Gasteiger partial charge in [0.2, 0.25) is 0 Å². The van der Waals surface area contributed by atoms with Gasteiger partial charge in [0.05, 0.1) is 28.4 Å². The van der Waals surface area contributed by atoms with Crippen LogP contribution in [0.25, 0.3) is 0 Å². The third-order valence-corrected chi connectivity index (χ3v) is 4.66. The molecule has 21 heavy (non-hydrogen) atoms. The van der Waals surface area contributed by atoms with Crippen LogP contribution in [0.15, 0.2) is 41.3 Å². The highest BCUT2D eigenvalue weighted by Gasteiger charge is 2.16. The van der Waals surface area contributed by atoms with Crippen molar-refractivity contribution in [1.29, 1.82) is 0 Å². The van der Waals surface area contributed by atoms with Crippen LogP contribution in [0.3, 0.4) is 0 Å². The minimum absolute atomic E-state index is 0.0552. The molecule has 0 bridgehead atoms. The zero-order valence-corrected chi connectivity index (χ0v) is 13.1. The van der Waals surface area contributed by atoms with Gasteiger partial charge in [-0.1, -0.05) is 11.6 Å². The maximum atomic E-state index is 12.3. The minimum atomic E-state index is -3.72. The predicted octanol–water partition coefficient (Wildman–Crippen LogP) is 3.04. The van der Waals surface area contributed by atoms with Gasteiger partial charge in [-0.25, -0.2) is 8.42 Å². The molecule has 0 heterocycles. The van der Waals surface area contributed by atoms with Crippen LogP contribution in [-0.4, -0.2) is 15.5 Å². The Labute approximate surface area is 128 Å². The van der Waals surface area contributed by atoms with E-state index in [1.165, 1.54) is 18.2 Å². The van der Waals surface area contributed by atoms with E-state index >= 15 is 0 Å². The Kier molecular flexibility index (Phi) is 4.29. The molecule has 0 fully saturated rings. The first-order valence-electron chi connectivity index (χ1n) is 6.06. The van der Waals surface area contributed by atoms with Crippen molar-refractivity contribution in [3.63, 3.8) is 0 Å². The molecule has 0 spiro atoms. The fourth-order valence-corrected chi connectivity index (χ4v) is 3.05. The maximum Gasteiger partial charge on any atom is 0.261 e. The second kappa shape index (κ2) is 5.83. The fraction of sp³-hybridized carbons (Fsp3) is 0.143. The van der Waals surface area contributed by atoms with Gasteiger partial charge in [0.25, 0.3) is 10.0 Å². The summed E-state index contributed by atoms with van der Waals surface area (Å²) in [5.74, 6) is 0.659. The number of sulfonamides is 1. The molecule has 2 aromatic rings. The molecule has 0 aliphatic carbocycles. The summed E-state index contributed by atoms with van der Waals surface area (Å²) in [7, 11) is -2.17. The number of hydrogen-bond donors (Lipinski definition) is 2. The Morgan fingerprint density at radius 3 is 2.48 bits per heavy atom. The van der Waals surface area contributed by atoms with Gasteiger partial charge in [-0.15, -0.1) is 0 Å². The average Bonchev–Trinajstić information content (AvgIpc) is 2.43. The van der Waals surface area contributed by atoms with E-state index in [1.54, 1.807) is 32.2 Å². The summed E-state index contributed by atoms with van der Waals surface area (Å²) in [6.45, 7) is 1.79. The Balaban J connectivity index is 2.35. The standard InChI is InChI=1S/C14H15ClN2O3S/c1-9-7-10(20-2)3-6-14(9)17-21(18,19)11-4-5-12(15)13(16)8-11/h3-8,17H,16H2,1-2H3. The molecule has 0 amide bonds. The van der Waals surface area contributed by atoms with Gasteiger partial charge in [-0.05, 0) is 48.9 Å². The summed E-state index contributed by atoms with van der Waals surface area (Å²) in [5.41, 5.74) is 7.08. The van der Waals surface area contributed by atoms with Crippen LogP contribution in [0.5, 0.6) is 5.75 Å². The smallest absolute Gasteiger partial charge is 0.261 e. The Hall–Kier alpha value is -1.92. The van der Waals surface area contributed by atoms with Crippen molar-refractivity contribution in [1.82, 2.24) is 0 Å². The minimum Gasteiger partial charge on any atom is -0.497 e. The lowest BCUT2D eigenvalue weighted by atomic mass is 10.2. The number of nitrogens with one attached hydrogen (secondary N) is 1. The van der Waals surface area contributed by atoms with Crippen LogP contribution in [0, 0.1) is 6.92 Å². The van der Waals surface area contributed by atoms with Crippen molar-refractivity contribution >= 4 is 33.0 Å². The van der Waals surface area contributed by atoms with Crippen LogP contribution < -0.4 is 15.2 Å². The van der Waals surface area contributed by atoms with Gasteiger partial charge in [-0.3, -0.25) is 4.72 Å². The molecule has 0 atom stereocenters. The molecular weight excluding hydrogens is 312 g/mol. The van der Waals surface area contributed by atoms with Gasteiger partial charge in [-0.2, -0.15) is 0 Å². The van der Waals surface area contributed by atoms with E-state index in [1.807, 2.05) is 0 Å². The van der Waals surface area contributed by atoms with Gasteiger partial charge in [0.15, 0.2) is 0 Å². The molecule has 0 aliphatic heterocycles. The number of ether oxygens (including phenoxy) is 1. The van der Waals surface area contributed by atoms with Crippen molar-refractivity contribution in [2.24, 2.45) is 0 Å². The Bertz CT molecular complexity index is 776. The summed E-state index contributed by atoms with van der Waals surface area (Å²) < 4.78 is 32.3. The van der Waals surface area contributed by atoms with Crippen molar-refractivity contribution < 1.29 is 13.2 Å². The second-order valence-corrected chi connectivity index (χ2v) is 6.56. The summed E-state index contributed by atoms with van der Waals surface area (Å²) >= 11 is 5.80. The van der Waals surface area contributed by atoms with E-state index in [2.05, 4.69) is 4.72 Å². The van der Waals surface area contributed by atoms with Gasteiger partial charge >= 0.3 is 0 Å². The van der Waals surface area contributed by atoms with E-state index in [0.717, 1.165) is 5.56 Å². The predicted molar refractivity (Wildman–Crippen MR) is 84.4 cm³/mol. The summed E-state index contributed by atoms with van der Waals surface area (Å²) in [6, 6.07) is 9.25. The molecule has 112 valence electrons. The number of nitrogens with two attached hydrogens (primary N) is 1. The van der Waals surface area contributed by atoms with E-state index in [9.17, 15) is 8.42 Å². The molecule has 3 N–H and O–H groups in total. The Morgan fingerprint density at radius 2 is 1.90 bits per heavy atom. The quantitative estimate of drug-likeness (QED) is 0.846. The first kappa shape index (κ1) is 15.5. The molecule has 0 saturated carbocycles. The summed E-state index contributed by atoms with van der Waals surface area (Å²) in [5, 5.41) is 0.314. The number of halogens is 1. The first-order valence-corrected chi connectivity index (χ1v) is 7.92. The number of methoxy groups -OCH3 is 1. The molecule has 2 rings (SSSR count). The second-order valence-electron chi connectivity index (χ2n) is 4.47. The third kappa shape index (κ3) is 3.40. The number of nitrogen functional groups attached to an aromatic ring is 1. The zero-order valence-electron chi connectivity index (χ0n) is 11.6. The van der Waals surface area contributed by atoms with E-state index in [4.69, 9.17) is 22.1 Å². The van der Waals surface area contributed by atoms with Crippen LogP contribution in [0.4, 0.5) is 11.4 Å². The molecule has 0 unspecified atom stereocenters. The zero-order chi connectivity index (χ0) is 15.6. The lowest BCUT2D eigenvalue weighted by Crippen LogP contribution is -2.14. The number of hydrogen-bond acceptors (Lipinski definition) is 4. The van der Waals surface area contributed by atoms with Gasteiger partial charge in [0.1, 0.15) is 5.75 Å². The monoisotopic (exact) mass is 326 g/mol. The van der Waals surface area contributed by atoms with Crippen LogP contribution in [0.2, 0.25) is 5.02 Å². The topological polar surface area (TPSA) is 81.4 Å². The molecule has 0 aliphatic rings. The highest BCUT2D eigenvalue weighted by Crippen LogP contribution is 2.26.